The van der Waals surface area contributed by atoms with Gasteiger partial charge in [0, 0.05) is 42.4 Å². The van der Waals surface area contributed by atoms with E-state index in [2.05, 4.69) is 33.1 Å². The molecule has 1 fully saturated rings. The van der Waals surface area contributed by atoms with Gasteiger partial charge in [0.05, 0.1) is 35.1 Å². The van der Waals surface area contributed by atoms with E-state index in [0.29, 0.717) is 25.1 Å². The summed E-state index contributed by atoms with van der Waals surface area (Å²) in [7, 11) is 0. The molecule has 5 aromatic rings. The predicted octanol–water partition coefficient (Wildman–Crippen LogP) is 5.09. The fraction of sp³-hybridized carbons (Fsp3) is 0.241. The summed E-state index contributed by atoms with van der Waals surface area (Å²) < 4.78 is 8.11. The maximum atomic E-state index is 11.4. The quantitative estimate of drug-likeness (QED) is 0.337. The van der Waals surface area contributed by atoms with Gasteiger partial charge in [-0.25, -0.2) is 14.8 Å². The number of rotatable bonds is 7. The molecule has 8 heteroatoms. The Bertz CT molecular complexity index is 1570. The fourth-order valence-electron chi connectivity index (χ4n) is 5.07. The van der Waals surface area contributed by atoms with Gasteiger partial charge in [-0.15, -0.1) is 0 Å². The first-order valence-electron chi connectivity index (χ1n) is 12.5. The lowest BCUT2D eigenvalue weighted by atomic mass is 9.93. The second-order valence-electron chi connectivity index (χ2n) is 9.43. The Morgan fingerprint density at radius 2 is 1.84 bits per heavy atom. The van der Waals surface area contributed by atoms with Gasteiger partial charge in [0.25, 0.3) is 0 Å². The molecule has 1 saturated heterocycles. The zero-order valence-electron chi connectivity index (χ0n) is 20.3. The van der Waals surface area contributed by atoms with E-state index in [9.17, 15) is 9.90 Å². The molecule has 0 atom stereocenters. The van der Waals surface area contributed by atoms with Crippen molar-refractivity contribution in [2.24, 2.45) is 0 Å². The van der Waals surface area contributed by atoms with E-state index in [4.69, 9.17) is 9.72 Å². The van der Waals surface area contributed by atoms with E-state index in [1.807, 2.05) is 34.9 Å². The third-order valence-corrected chi connectivity index (χ3v) is 7.08. The van der Waals surface area contributed by atoms with Crippen molar-refractivity contribution in [2.75, 3.05) is 13.1 Å². The van der Waals surface area contributed by atoms with Crippen molar-refractivity contribution in [1.82, 2.24) is 24.4 Å². The molecule has 0 saturated carbocycles. The Labute approximate surface area is 214 Å². The molecular formula is C29H27N5O3. The molecule has 2 aromatic carbocycles. The van der Waals surface area contributed by atoms with Crippen LogP contribution >= 0.6 is 0 Å². The lowest BCUT2D eigenvalue weighted by molar-refractivity contribution is 0.0697. The Balaban J connectivity index is 1.09. The number of aromatic nitrogens is 4. The normalized spacial score (nSPS) is 14.8. The number of aromatic carboxylic acids is 1. The van der Waals surface area contributed by atoms with E-state index < -0.39 is 5.97 Å². The number of carboxylic acids is 1. The minimum atomic E-state index is -0.927. The summed E-state index contributed by atoms with van der Waals surface area (Å²) in [5.74, 6) is 0.0861. The van der Waals surface area contributed by atoms with Crippen molar-refractivity contribution in [2.45, 2.75) is 32.0 Å². The maximum Gasteiger partial charge on any atom is 0.335 e. The van der Waals surface area contributed by atoms with Gasteiger partial charge in [0.1, 0.15) is 6.61 Å². The molecule has 0 spiro atoms. The SMILES string of the molecule is O=C(O)c1ccc2ncn(CN3CCC(c4cccc(OCc5cccc6ncccc56)n4)CC3)c2c1. The average molecular weight is 494 g/mol. The molecule has 37 heavy (non-hydrogen) atoms. The van der Waals surface area contributed by atoms with Crippen LogP contribution in [0, 0.1) is 0 Å². The molecule has 6 rings (SSSR count). The number of carboxylic acid groups (broad SMARTS) is 1. The van der Waals surface area contributed by atoms with Crippen molar-refractivity contribution in [3.63, 3.8) is 0 Å². The lowest BCUT2D eigenvalue weighted by Crippen LogP contribution is -2.34. The van der Waals surface area contributed by atoms with Crippen LogP contribution in [-0.4, -0.2) is 48.6 Å². The van der Waals surface area contributed by atoms with Crippen LogP contribution in [0.2, 0.25) is 0 Å². The van der Waals surface area contributed by atoms with Crippen molar-refractivity contribution in [3.05, 3.63) is 96.1 Å². The molecule has 3 aromatic heterocycles. The standard InChI is InChI=1S/C29H27N5O3/c35-29(36)21-9-10-26-27(16-21)34(18-31-26)19-33-14-11-20(12-15-33)24-6-2-8-28(32-24)37-17-22-4-1-7-25-23(22)5-3-13-30-25/h1-10,13,16,18,20H,11-12,14-15,17,19H2,(H,35,36). The highest BCUT2D eigenvalue weighted by Gasteiger charge is 2.22. The number of nitrogens with zero attached hydrogens (tertiary/aromatic N) is 5. The molecule has 1 aliphatic rings. The van der Waals surface area contributed by atoms with Crippen molar-refractivity contribution >= 4 is 27.9 Å². The fourth-order valence-corrected chi connectivity index (χ4v) is 5.07. The zero-order chi connectivity index (χ0) is 25.2. The number of benzene rings is 2. The number of fused-ring (bicyclic) bond motifs is 2. The third-order valence-electron chi connectivity index (χ3n) is 7.08. The first-order chi connectivity index (χ1) is 18.1. The van der Waals surface area contributed by atoms with Gasteiger partial charge >= 0.3 is 5.97 Å². The Morgan fingerprint density at radius 3 is 2.70 bits per heavy atom. The van der Waals surface area contributed by atoms with E-state index in [-0.39, 0.29) is 5.56 Å². The average Bonchev–Trinajstić information content (AvgIpc) is 3.34. The first kappa shape index (κ1) is 23.1. The van der Waals surface area contributed by atoms with Gasteiger partial charge in [-0.05, 0) is 54.8 Å². The Kier molecular flexibility index (Phi) is 6.24. The topological polar surface area (TPSA) is 93.4 Å². The molecular weight excluding hydrogens is 466 g/mol. The van der Waals surface area contributed by atoms with E-state index in [1.54, 1.807) is 30.7 Å². The number of hydrogen-bond acceptors (Lipinski definition) is 6. The molecule has 0 unspecified atom stereocenters. The summed E-state index contributed by atoms with van der Waals surface area (Å²) in [4.78, 5) is 27.4. The molecule has 186 valence electrons. The summed E-state index contributed by atoms with van der Waals surface area (Å²) in [5, 5.41) is 10.4. The molecule has 4 heterocycles. The van der Waals surface area contributed by atoms with Crippen molar-refractivity contribution in [1.29, 1.82) is 0 Å². The van der Waals surface area contributed by atoms with Crippen LogP contribution in [0.25, 0.3) is 21.9 Å². The number of imidazole rings is 1. The van der Waals surface area contributed by atoms with Crippen LogP contribution in [-0.2, 0) is 13.3 Å². The van der Waals surface area contributed by atoms with Crippen LogP contribution in [0.5, 0.6) is 5.88 Å². The second-order valence-corrected chi connectivity index (χ2v) is 9.43. The van der Waals surface area contributed by atoms with Crippen molar-refractivity contribution < 1.29 is 14.6 Å². The Hall–Kier alpha value is -4.30. The summed E-state index contributed by atoms with van der Waals surface area (Å²) in [5.41, 5.74) is 5.04. The largest absolute Gasteiger partial charge is 0.478 e. The van der Waals surface area contributed by atoms with Gasteiger partial charge in [-0.3, -0.25) is 9.88 Å². The number of pyridine rings is 2. The van der Waals surface area contributed by atoms with Crippen LogP contribution in [0.1, 0.15) is 40.4 Å². The summed E-state index contributed by atoms with van der Waals surface area (Å²) >= 11 is 0. The van der Waals surface area contributed by atoms with Gasteiger partial charge in [0.2, 0.25) is 5.88 Å². The highest BCUT2D eigenvalue weighted by molar-refractivity contribution is 5.92. The smallest absolute Gasteiger partial charge is 0.335 e. The molecule has 8 nitrogen and oxygen atoms in total. The first-order valence-corrected chi connectivity index (χ1v) is 12.5. The highest BCUT2D eigenvalue weighted by atomic mass is 16.5. The predicted molar refractivity (Wildman–Crippen MR) is 141 cm³/mol. The monoisotopic (exact) mass is 493 g/mol. The lowest BCUT2D eigenvalue weighted by Gasteiger charge is -2.32. The molecule has 1 N–H and O–H groups in total. The maximum absolute atomic E-state index is 11.4. The van der Waals surface area contributed by atoms with E-state index >= 15 is 0 Å². The second kappa shape index (κ2) is 9.99. The number of hydrogen-bond donors (Lipinski definition) is 1. The van der Waals surface area contributed by atoms with Crippen LogP contribution < -0.4 is 4.74 Å². The van der Waals surface area contributed by atoms with Crippen LogP contribution in [0.15, 0.2) is 79.3 Å². The molecule has 0 radical (unpaired) electrons. The zero-order valence-corrected chi connectivity index (χ0v) is 20.3. The van der Waals surface area contributed by atoms with Gasteiger partial charge < -0.3 is 14.4 Å². The molecule has 0 bridgehead atoms. The Morgan fingerprint density at radius 1 is 0.973 bits per heavy atom. The van der Waals surface area contributed by atoms with E-state index in [1.165, 1.54) is 0 Å². The van der Waals surface area contributed by atoms with Gasteiger partial charge in [0.15, 0.2) is 0 Å². The summed E-state index contributed by atoms with van der Waals surface area (Å²) in [6.07, 6.45) is 5.59. The number of carbonyl (C=O) groups is 1. The van der Waals surface area contributed by atoms with Crippen molar-refractivity contribution in [3.8, 4) is 5.88 Å². The van der Waals surface area contributed by atoms with Crippen LogP contribution in [0.4, 0.5) is 0 Å². The summed E-state index contributed by atoms with van der Waals surface area (Å²) in [6, 6.07) is 21.2. The number of ether oxygens (including phenoxy) is 1. The molecule has 1 aliphatic heterocycles. The van der Waals surface area contributed by atoms with Crippen LogP contribution in [0.3, 0.4) is 0 Å². The van der Waals surface area contributed by atoms with Gasteiger partial charge in [-0.1, -0.05) is 24.3 Å². The summed E-state index contributed by atoms with van der Waals surface area (Å²) in [6.45, 7) is 2.99. The molecule has 0 amide bonds. The van der Waals surface area contributed by atoms with E-state index in [0.717, 1.165) is 59.1 Å². The molecule has 0 aliphatic carbocycles. The third kappa shape index (κ3) is 4.88. The number of piperidine rings is 1. The van der Waals surface area contributed by atoms with Gasteiger partial charge in [-0.2, -0.15) is 0 Å². The number of likely N-dealkylation sites (tertiary alicyclic amines) is 1. The highest BCUT2D eigenvalue weighted by Crippen LogP contribution is 2.29. The minimum absolute atomic E-state index is 0.276. The minimum Gasteiger partial charge on any atom is -0.478 e.